The molecule has 0 radical (unpaired) electrons. The number of piperidine rings is 1. The number of aryl methyl sites for hydroxylation is 1. The van der Waals surface area contributed by atoms with Gasteiger partial charge in [-0.05, 0) is 37.0 Å². The first kappa shape index (κ1) is 16.7. The fraction of sp³-hybridized carbons (Fsp3) is 0.444. The Morgan fingerprint density at radius 2 is 2.19 bits per heavy atom. The average Bonchev–Trinajstić information content (AvgIpc) is 3.27. The maximum absolute atomic E-state index is 12.7. The molecule has 1 N–H and O–H groups in total. The van der Waals surface area contributed by atoms with Crippen LogP contribution in [0, 0.1) is 5.92 Å². The Bertz CT molecular complexity index is 806. The van der Waals surface area contributed by atoms with E-state index in [0.29, 0.717) is 36.8 Å². The standard InChI is InChI=1S/C18H21N5O3/c1-22-14(4-7-20-22)18(25)23-8-5-12-9-15(26-16(12)11-23)17(24)21-13-3-2-6-19-10-13/h2-4,6-7,10,12,15-16H,5,8-9,11H2,1H3,(H,21,24)/t12-,15?,16-/m0/s1. The van der Waals surface area contributed by atoms with Gasteiger partial charge < -0.3 is 15.0 Å². The first-order valence-electron chi connectivity index (χ1n) is 8.75. The van der Waals surface area contributed by atoms with Gasteiger partial charge in [0.2, 0.25) is 0 Å². The molecule has 8 nitrogen and oxygen atoms in total. The first-order valence-corrected chi connectivity index (χ1v) is 8.75. The van der Waals surface area contributed by atoms with Crippen molar-refractivity contribution in [3.05, 3.63) is 42.5 Å². The Morgan fingerprint density at radius 3 is 2.92 bits per heavy atom. The summed E-state index contributed by atoms with van der Waals surface area (Å²) < 4.78 is 7.56. The Balaban J connectivity index is 1.38. The number of nitrogens with one attached hydrogen (secondary N) is 1. The van der Waals surface area contributed by atoms with Crippen LogP contribution in [-0.4, -0.2) is 56.8 Å². The summed E-state index contributed by atoms with van der Waals surface area (Å²) in [5.74, 6) is 0.0995. The van der Waals surface area contributed by atoms with Crippen molar-refractivity contribution in [1.82, 2.24) is 19.7 Å². The van der Waals surface area contributed by atoms with Gasteiger partial charge in [-0.25, -0.2) is 0 Å². The second-order valence-corrected chi connectivity index (χ2v) is 6.77. The SMILES string of the molecule is Cn1nccc1C(=O)N1CC[C@H]2CC(C(=O)Nc3cccnc3)O[C@H]2C1. The van der Waals surface area contributed by atoms with Crippen LogP contribution in [0.5, 0.6) is 0 Å². The molecule has 0 aromatic carbocycles. The van der Waals surface area contributed by atoms with Crippen LogP contribution >= 0.6 is 0 Å². The van der Waals surface area contributed by atoms with Gasteiger partial charge in [-0.2, -0.15) is 5.10 Å². The number of hydrogen-bond donors (Lipinski definition) is 1. The topological polar surface area (TPSA) is 89.4 Å². The molecule has 4 heterocycles. The first-order chi connectivity index (χ1) is 12.6. The molecule has 1 unspecified atom stereocenters. The molecule has 0 bridgehead atoms. The highest BCUT2D eigenvalue weighted by Gasteiger charge is 2.43. The number of rotatable bonds is 3. The van der Waals surface area contributed by atoms with E-state index < -0.39 is 6.10 Å². The Hall–Kier alpha value is -2.74. The third-order valence-corrected chi connectivity index (χ3v) is 5.10. The number of amides is 2. The van der Waals surface area contributed by atoms with Gasteiger partial charge in [-0.1, -0.05) is 0 Å². The molecule has 2 aliphatic heterocycles. The van der Waals surface area contributed by atoms with Crippen molar-refractivity contribution in [2.45, 2.75) is 25.0 Å². The van der Waals surface area contributed by atoms with Crippen molar-refractivity contribution in [1.29, 1.82) is 0 Å². The third-order valence-electron chi connectivity index (χ3n) is 5.10. The Kier molecular flexibility index (Phi) is 4.42. The lowest BCUT2D eigenvalue weighted by Crippen LogP contribution is -2.46. The summed E-state index contributed by atoms with van der Waals surface area (Å²) in [6.45, 7) is 1.18. The quantitative estimate of drug-likeness (QED) is 0.890. The number of nitrogens with zero attached hydrogens (tertiary/aromatic N) is 4. The number of likely N-dealkylation sites (tertiary alicyclic amines) is 1. The van der Waals surface area contributed by atoms with Gasteiger partial charge in [0, 0.05) is 32.5 Å². The summed E-state index contributed by atoms with van der Waals surface area (Å²) in [5.41, 5.74) is 1.22. The van der Waals surface area contributed by atoms with E-state index in [2.05, 4.69) is 15.4 Å². The normalized spacial score (nSPS) is 25.0. The summed E-state index contributed by atoms with van der Waals surface area (Å²) in [4.78, 5) is 30.9. The number of anilines is 1. The number of fused-ring (bicyclic) bond motifs is 1. The molecule has 0 saturated carbocycles. The second-order valence-electron chi connectivity index (χ2n) is 6.77. The van der Waals surface area contributed by atoms with E-state index in [1.807, 2.05) is 0 Å². The van der Waals surface area contributed by atoms with Crippen LogP contribution in [0.4, 0.5) is 5.69 Å². The van der Waals surface area contributed by atoms with E-state index in [-0.39, 0.29) is 17.9 Å². The molecule has 2 fully saturated rings. The van der Waals surface area contributed by atoms with Crippen molar-refractivity contribution >= 4 is 17.5 Å². The average molecular weight is 355 g/mol. The molecule has 4 rings (SSSR count). The van der Waals surface area contributed by atoms with E-state index >= 15 is 0 Å². The smallest absolute Gasteiger partial charge is 0.272 e. The minimum absolute atomic E-state index is 0.0460. The molecule has 8 heteroatoms. The van der Waals surface area contributed by atoms with Crippen molar-refractivity contribution in [2.24, 2.45) is 13.0 Å². The van der Waals surface area contributed by atoms with E-state index in [1.54, 1.807) is 53.4 Å². The number of carbonyl (C=O) groups is 2. The minimum Gasteiger partial charge on any atom is -0.363 e. The number of aromatic nitrogens is 3. The molecule has 2 aromatic rings. The molecule has 26 heavy (non-hydrogen) atoms. The Morgan fingerprint density at radius 1 is 1.31 bits per heavy atom. The highest BCUT2D eigenvalue weighted by atomic mass is 16.5. The van der Waals surface area contributed by atoms with Crippen molar-refractivity contribution in [3.8, 4) is 0 Å². The van der Waals surface area contributed by atoms with Gasteiger partial charge in [-0.3, -0.25) is 19.3 Å². The lowest BCUT2D eigenvalue weighted by molar-refractivity contribution is -0.127. The zero-order valence-electron chi connectivity index (χ0n) is 14.5. The molecular formula is C18H21N5O3. The van der Waals surface area contributed by atoms with E-state index in [9.17, 15) is 9.59 Å². The van der Waals surface area contributed by atoms with E-state index in [1.165, 1.54) is 0 Å². The molecule has 3 atom stereocenters. The van der Waals surface area contributed by atoms with Gasteiger partial charge in [0.25, 0.3) is 11.8 Å². The van der Waals surface area contributed by atoms with Crippen molar-refractivity contribution < 1.29 is 14.3 Å². The summed E-state index contributed by atoms with van der Waals surface area (Å²) in [6, 6.07) is 5.28. The summed E-state index contributed by atoms with van der Waals surface area (Å²) in [5, 5.41) is 6.89. The largest absolute Gasteiger partial charge is 0.363 e. The second kappa shape index (κ2) is 6.87. The highest BCUT2D eigenvalue weighted by molar-refractivity contribution is 5.94. The zero-order chi connectivity index (χ0) is 18.1. The lowest BCUT2D eigenvalue weighted by Gasteiger charge is -2.33. The number of ether oxygens (including phenoxy) is 1. The zero-order valence-corrected chi connectivity index (χ0v) is 14.5. The van der Waals surface area contributed by atoms with Crippen LogP contribution in [-0.2, 0) is 16.6 Å². The molecule has 2 amide bonds. The van der Waals surface area contributed by atoms with Crippen molar-refractivity contribution in [3.63, 3.8) is 0 Å². The van der Waals surface area contributed by atoms with Crippen LogP contribution in [0.1, 0.15) is 23.3 Å². The van der Waals surface area contributed by atoms with Gasteiger partial charge >= 0.3 is 0 Å². The highest BCUT2D eigenvalue weighted by Crippen LogP contribution is 2.34. The molecule has 0 spiro atoms. The molecule has 2 aromatic heterocycles. The number of carbonyl (C=O) groups excluding carboxylic acids is 2. The molecule has 136 valence electrons. The number of hydrogen-bond acceptors (Lipinski definition) is 5. The van der Waals surface area contributed by atoms with Crippen LogP contribution in [0.15, 0.2) is 36.8 Å². The fourth-order valence-corrected chi connectivity index (χ4v) is 3.69. The molecule has 2 saturated heterocycles. The third kappa shape index (κ3) is 3.20. The predicted molar refractivity (Wildman–Crippen MR) is 93.4 cm³/mol. The van der Waals surface area contributed by atoms with Gasteiger partial charge in [0.1, 0.15) is 11.8 Å². The van der Waals surface area contributed by atoms with Gasteiger partial charge in [-0.15, -0.1) is 0 Å². The monoisotopic (exact) mass is 355 g/mol. The van der Waals surface area contributed by atoms with Crippen LogP contribution in [0.25, 0.3) is 0 Å². The molecule has 0 aliphatic carbocycles. The number of pyridine rings is 1. The molecule has 2 aliphatic rings. The van der Waals surface area contributed by atoms with E-state index in [0.717, 1.165) is 6.42 Å². The van der Waals surface area contributed by atoms with Crippen LogP contribution in [0.2, 0.25) is 0 Å². The maximum atomic E-state index is 12.7. The fourth-order valence-electron chi connectivity index (χ4n) is 3.69. The summed E-state index contributed by atoms with van der Waals surface area (Å²) >= 11 is 0. The van der Waals surface area contributed by atoms with Crippen LogP contribution < -0.4 is 5.32 Å². The summed E-state index contributed by atoms with van der Waals surface area (Å²) in [7, 11) is 1.75. The van der Waals surface area contributed by atoms with Crippen LogP contribution in [0.3, 0.4) is 0 Å². The van der Waals surface area contributed by atoms with E-state index in [4.69, 9.17) is 4.74 Å². The van der Waals surface area contributed by atoms with Gasteiger partial charge in [0.15, 0.2) is 0 Å². The van der Waals surface area contributed by atoms with Gasteiger partial charge in [0.05, 0.1) is 18.0 Å². The lowest BCUT2D eigenvalue weighted by atomic mass is 9.91. The predicted octanol–water partition coefficient (Wildman–Crippen LogP) is 1.07. The Labute approximate surface area is 151 Å². The molecular weight excluding hydrogens is 334 g/mol. The minimum atomic E-state index is -0.489. The maximum Gasteiger partial charge on any atom is 0.272 e. The summed E-state index contributed by atoms with van der Waals surface area (Å²) in [6.07, 6.45) is 5.81. The van der Waals surface area contributed by atoms with Crippen molar-refractivity contribution in [2.75, 3.05) is 18.4 Å².